The molecule has 0 aromatic heterocycles. The zero-order chi connectivity index (χ0) is 88.6. The van der Waals surface area contributed by atoms with Crippen molar-refractivity contribution >= 4 is 43.5 Å². The first-order valence-electron chi connectivity index (χ1n) is 49.6. The molecule has 2 saturated heterocycles. The third kappa shape index (κ3) is 60.7. The third-order valence-electron chi connectivity index (χ3n) is 23.8. The van der Waals surface area contributed by atoms with Crippen molar-refractivity contribution in [3.8, 4) is 0 Å². The van der Waals surface area contributed by atoms with Gasteiger partial charge < -0.3 is 79.1 Å². The summed E-state index contributed by atoms with van der Waals surface area (Å²) in [7, 11) is -5.62. The number of phosphoric ester groups is 1. The molecule has 0 radical (unpaired) electrons. The van der Waals surface area contributed by atoms with Crippen molar-refractivity contribution < 1.29 is 106 Å². The minimum Gasteiger partial charge on any atom is -0.462 e. The number of hydrogen-bond acceptors (Lipinski definition) is 20. The van der Waals surface area contributed by atoms with Gasteiger partial charge in [-0.15, -0.1) is 0 Å². The second kappa shape index (κ2) is 76.4. The zero-order valence-corrected chi connectivity index (χ0v) is 77.9. The summed E-state index contributed by atoms with van der Waals surface area (Å²) in [6, 6.07) is -3.56. The Hall–Kier alpha value is -3.65. The zero-order valence-electron chi connectivity index (χ0n) is 77.0. The molecule has 0 aromatic carbocycles. The molecule has 10 unspecified atom stereocenters. The average molecular weight is 1740 g/mol. The molecular formula is C96H179N2O22P. The van der Waals surface area contributed by atoms with E-state index in [1.807, 2.05) is 0 Å². The summed E-state index contributed by atoms with van der Waals surface area (Å²) in [6.07, 6.45) is 42.2. The molecule has 0 aromatic rings. The van der Waals surface area contributed by atoms with Gasteiger partial charge in [0.15, 0.2) is 24.8 Å². The van der Waals surface area contributed by atoms with Gasteiger partial charge in [0.25, 0.3) is 0 Å². The largest absolute Gasteiger partial charge is 0.472 e. The van der Waals surface area contributed by atoms with E-state index in [0.29, 0.717) is 51.4 Å². The van der Waals surface area contributed by atoms with Crippen molar-refractivity contribution in [1.29, 1.82) is 0 Å². The predicted octanol–water partition coefficient (Wildman–Crippen LogP) is 21.0. The first kappa shape index (κ1) is 113. The minimum atomic E-state index is -5.62. The lowest BCUT2D eigenvalue weighted by Gasteiger charge is -2.46. The molecule has 14 atom stereocenters. The lowest BCUT2D eigenvalue weighted by Crippen LogP contribution is -2.67. The molecule has 0 aliphatic carbocycles. The van der Waals surface area contributed by atoms with Crippen LogP contribution in [0.5, 0.6) is 0 Å². The van der Waals surface area contributed by atoms with Crippen LogP contribution in [0.2, 0.25) is 0 Å². The molecule has 121 heavy (non-hydrogen) atoms. The summed E-state index contributed by atoms with van der Waals surface area (Å²) >= 11 is 0. The first-order valence-corrected chi connectivity index (χ1v) is 51.2. The van der Waals surface area contributed by atoms with Crippen LogP contribution in [0, 0.1) is 0 Å². The van der Waals surface area contributed by atoms with Crippen LogP contribution < -0.4 is 10.6 Å². The Balaban J connectivity index is 2.72. The van der Waals surface area contributed by atoms with E-state index in [1.165, 1.54) is 103 Å². The van der Waals surface area contributed by atoms with Crippen molar-refractivity contribution in [2.75, 3.05) is 13.2 Å². The number of unbranched alkanes of at least 4 members (excludes halogenated alkanes) is 49. The van der Waals surface area contributed by atoms with Crippen LogP contribution >= 0.6 is 7.82 Å². The highest BCUT2D eigenvalue weighted by Gasteiger charge is 2.53. The molecule has 24 nitrogen and oxygen atoms in total. The number of amides is 2. The lowest BCUT2D eigenvalue weighted by molar-refractivity contribution is -0.298. The standard InChI is InChI=1S/C96H179N2O22P/c1-7-13-19-25-31-37-38-39-40-46-52-58-63-69-85(104)114-79(67-61-55-49-43-34-28-22-16-10-4)73-84(103)98-89-93(119-88(107)74-80(68-62-56-50-44-35-29-23-17-11-5)115-86(105)70-64-57-51-45-36-30-24-18-12-6)91(108)81(75-99)116-95(89)113-76-82-92(109)94(118-87(106)72-78(101)66-60-54-48-42-33-27-21-15-9-3)90(96(117-82)120-121(110,111)112)97-83(102)71-77(100)65-59-53-47-41-32-26-20-14-8-2/h37-38,77-82,89-96,99-101,108-109H,7-36,39-76H2,1-6H3,(H,97,102)(H,98,103)(H2,110,111,112)/b38-37-/t77?,78?,79?,80?,81?,82?,89-,90-,91?,92+,93?,94?,95+,96?/m0/s1. The predicted molar refractivity (Wildman–Crippen MR) is 479 cm³/mol. The van der Waals surface area contributed by atoms with E-state index in [-0.39, 0.29) is 25.7 Å². The fourth-order valence-corrected chi connectivity index (χ4v) is 16.8. The maximum Gasteiger partial charge on any atom is 0.472 e. The van der Waals surface area contributed by atoms with Crippen LogP contribution in [0.15, 0.2) is 12.2 Å². The quantitative estimate of drug-likeness (QED) is 0.00898. The van der Waals surface area contributed by atoms with Crippen LogP contribution in [0.25, 0.3) is 0 Å². The van der Waals surface area contributed by atoms with Crippen molar-refractivity contribution in [3.05, 3.63) is 12.2 Å². The van der Waals surface area contributed by atoms with Gasteiger partial charge in [-0.2, -0.15) is 0 Å². The Bertz CT molecular complexity index is 2600. The summed E-state index contributed by atoms with van der Waals surface area (Å²) in [6.45, 7) is 11.3. The molecule has 2 fully saturated rings. The van der Waals surface area contributed by atoms with Gasteiger partial charge in [0.2, 0.25) is 11.8 Å². The van der Waals surface area contributed by atoms with Crippen LogP contribution in [0.4, 0.5) is 0 Å². The molecular weight excluding hydrogens is 1560 g/mol. The SMILES string of the molecule is CCCCCC/C=C\CCCCCCCC(=O)OC(CCCCCCCCCCC)CC(=O)N[C@H]1C(OC(=O)CC(CCCCCCCCCCC)OC(=O)CCCCCCCCCCC)C(O)C(CO)O[C@H]1OCC1OC(OP(=O)(O)O)[C@@H](NC(=O)CC(O)CCCCCCCCCCC)C(OC(=O)CC(O)CCCCCCCCCCC)[C@@H]1O. The fraction of sp³-hybridized carbons (Fsp3) is 0.917. The molecule has 0 bridgehead atoms. The molecule has 25 heteroatoms. The number of ether oxygens (including phenoxy) is 7. The Morgan fingerprint density at radius 3 is 1.04 bits per heavy atom. The molecule has 9 N–H and O–H groups in total. The van der Waals surface area contributed by atoms with Crippen LogP contribution in [-0.4, -0.2) is 170 Å². The highest BCUT2D eigenvalue weighted by Crippen LogP contribution is 2.42. The summed E-state index contributed by atoms with van der Waals surface area (Å²) in [4.78, 5) is 107. The minimum absolute atomic E-state index is 0.133. The highest BCUT2D eigenvalue weighted by atomic mass is 31.2. The summed E-state index contributed by atoms with van der Waals surface area (Å²) < 4.78 is 61.5. The summed E-state index contributed by atoms with van der Waals surface area (Å²) in [5, 5.41) is 63.6. The Morgan fingerprint density at radius 1 is 0.364 bits per heavy atom. The van der Waals surface area contributed by atoms with E-state index in [0.717, 1.165) is 218 Å². The van der Waals surface area contributed by atoms with Crippen molar-refractivity contribution in [2.45, 2.75) is 551 Å². The molecule has 2 rings (SSSR count). The van der Waals surface area contributed by atoms with Crippen LogP contribution in [0.3, 0.4) is 0 Å². The molecule has 2 aliphatic heterocycles. The van der Waals surface area contributed by atoms with Crippen molar-refractivity contribution in [2.24, 2.45) is 0 Å². The number of rotatable bonds is 83. The Morgan fingerprint density at radius 2 is 0.661 bits per heavy atom. The van der Waals surface area contributed by atoms with E-state index in [1.54, 1.807) is 0 Å². The number of allylic oxidation sites excluding steroid dienone is 2. The van der Waals surface area contributed by atoms with Crippen LogP contribution in [0.1, 0.15) is 465 Å². The van der Waals surface area contributed by atoms with E-state index >= 15 is 4.79 Å². The molecule has 0 saturated carbocycles. The van der Waals surface area contributed by atoms with Crippen LogP contribution in [-0.2, 0) is 71.0 Å². The van der Waals surface area contributed by atoms with Crippen molar-refractivity contribution in [1.82, 2.24) is 10.6 Å². The number of phosphoric acid groups is 1. The Kier molecular flexibility index (Phi) is 71.6. The second-order valence-corrected chi connectivity index (χ2v) is 36.5. The van der Waals surface area contributed by atoms with Gasteiger partial charge in [-0.05, 0) is 77.0 Å². The normalized spacial score (nSPS) is 20.4. The van der Waals surface area contributed by atoms with Gasteiger partial charge >= 0.3 is 31.7 Å². The first-order chi connectivity index (χ1) is 58.6. The van der Waals surface area contributed by atoms with E-state index in [9.17, 15) is 63.9 Å². The van der Waals surface area contributed by atoms with E-state index in [2.05, 4.69) is 64.3 Å². The number of hydrogen-bond donors (Lipinski definition) is 9. The van der Waals surface area contributed by atoms with Gasteiger partial charge in [0.05, 0.1) is 51.1 Å². The van der Waals surface area contributed by atoms with E-state index in [4.69, 9.17) is 37.7 Å². The number of nitrogens with one attached hydrogen (secondary N) is 2. The summed E-state index contributed by atoms with van der Waals surface area (Å²) in [5.74, 6) is -4.54. The van der Waals surface area contributed by atoms with E-state index < -0.39 is 168 Å². The molecule has 2 amide bonds. The molecule has 2 aliphatic rings. The van der Waals surface area contributed by atoms with Crippen molar-refractivity contribution in [3.63, 3.8) is 0 Å². The molecule has 710 valence electrons. The highest BCUT2D eigenvalue weighted by molar-refractivity contribution is 7.46. The fourth-order valence-electron chi connectivity index (χ4n) is 16.4. The van der Waals surface area contributed by atoms with Gasteiger partial charge in [-0.25, -0.2) is 4.57 Å². The van der Waals surface area contributed by atoms with Gasteiger partial charge in [0.1, 0.15) is 48.7 Å². The molecule has 0 spiro atoms. The Labute approximate surface area is 733 Å². The maximum absolute atomic E-state index is 15.0. The topological polar surface area (TPSA) is 359 Å². The second-order valence-electron chi connectivity index (χ2n) is 35.3. The number of carbonyl (C=O) groups is 6. The van der Waals surface area contributed by atoms with Gasteiger partial charge in [-0.1, -0.05) is 362 Å². The smallest absolute Gasteiger partial charge is 0.462 e. The third-order valence-corrected chi connectivity index (χ3v) is 24.3. The molecule has 2 heterocycles. The average Bonchev–Trinajstić information content (AvgIpc) is 0.786. The number of aliphatic hydroxyl groups excluding tert-OH is 5. The lowest BCUT2D eigenvalue weighted by atomic mass is 9.95. The summed E-state index contributed by atoms with van der Waals surface area (Å²) in [5.41, 5.74) is 0. The van der Waals surface area contributed by atoms with Gasteiger partial charge in [-0.3, -0.25) is 33.3 Å². The maximum atomic E-state index is 15.0. The number of aliphatic hydroxyl groups is 5. The number of carbonyl (C=O) groups excluding carboxylic acids is 6. The van der Waals surface area contributed by atoms with Gasteiger partial charge in [0, 0.05) is 12.8 Å². The monoisotopic (exact) mass is 1740 g/mol. The number of esters is 4.